The Bertz CT molecular complexity index is 192. The molecular formula is C12H24N2O. The highest BCUT2D eigenvalue weighted by Gasteiger charge is 2.32. The standard InChI is InChI=1S/C12H24N2O/c1-14(12-5-4-11(12)8-13)6-7-15-9-10-2-3-10/h10-12H,2-9,13H2,1H3. The Kier molecular flexibility index (Phi) is 4.00. The SMILES string of the molecule is CN(CCOCC1CC1)C1CCC1CN. The van der Waals surface area contributed by atoms with Crippen molar-refractivity contribution in [3.05, 3.63) is 0 Å². The van der Waals surface area contributed by atoms with Crippen LogP contribution in [0.4, 0.5) is 0 Å². The number of nitrogens with two attached hydrogens (primary N) is 1. The lowest BCUT2D eigenvalue weighted by atomic mass is 9.79. The van der Waals surface area contributed by atoms with Gasteiger partial charge in [0.15, 0.2) is 0 Å². The summed E-state index contributed by atoms with van der Waals surface area (Å²) in [6.07, 6.45) is 5.40. The Morgan fingerprint density at radius 1 is 1.27 bits per heavy atom. The van der Waals surface area contributed by atoms with Gasteiger partial charge in [-0.15, -0.1) is 0 Å². The first-order valence-electron chi connectivity index (χ1n) is 6.29. The molecule has 0 amide bonds. The lowest BCUT2D eigenvalue weighted by Gasteiger charge is -2.42. The number of rotatable bonds is 7. The topological polar surface area (TPSA) is 38.5 Å². The Labute approximate surface area is 93.0 Å². The molecule has 0 saturated heterocycles. The Balaban J connectivity index is 1.53. The number of hydrogen-bond acceptors (Lipinski definition) is 3. The van der Waals surface area contributed by atoms with Gasteiger partial charge in [-0.1, -0.05) is 0 Å². The molecule has 0 aliphatic heterocycles. The minimum absolute atomic E-state index is 0.722. The first-order valence-corrected chi connectivity index (χ1v) is 6.29. The van der Waals surface area contributed by atoms with Gasteiger partial charge in [0.2, 0.25) is 0 Å². The maximum absolute atomic E-state index is 5.71. The normalized spacial score (nSPS) is 30.6. The smallest absolute Gasteiger partial charge is 0.0593 e. The minimum atomic E-state index is 0.722. The van der Waals surface area contributed by atoms with Crippen molar-refractivity contribution in [2.45, 2.75) is 31.7 Å². The fraction of sp³-hybridized carbons (Fsp3) is 1.00. The van der Waals surface area contributed by atoms with Gasteiger partial charge in [-0.25, -0.2) is 0 Å². The summed E-state index contributed by atoms with van der Waals surface area (Å²) in [4.78, 5) is 2.42. The van der Waals surface area contributed by atoms with Crippen LogP contribution in [0.2, 0.25) is 0 Å². The average Bonchev–Trinajstić information content (AvgIpc) is 2.95. The summed E-state index contributed by atoms with van der Waals surface area (Å²) in [7, 11) is 2.20. The molecule has 15 heavy (non-hydrogen) atoms. The van der Waals surface area contributed by atoms with Crippen LogP contribution in [0, 0.1) is 11.8 Å². The summed E-state index contributed by atoms with van der Waals surface area (Å²) in [6, 6.07) is 0.722. The van der Waals surface area contributed by atoms with E-state index in [1.807, 2.05) is 0 Å². The maximum atomic E-state index is 5.71. The second-order valence-electron chi connectivity index (χ2n) is 5.14. The summed E-state index contributed by atoms with van der Waals surface area (Å²) in [5.41, 5.74) is 5.71. The van der Waals surface area contributed by atoms with E-state index in [1.165, 1.54) is 25.7 Å². The van der Waals surface area contributed by atoms with E-state index in [4.69, 9.17) is 10.5 Å². The molecule has 0 aromatic rings. The molecule has 2 N–H and O–H groups in total. The molecule has 88 valence electrons. The molecule has 0 spiro atoms. The van der Waals surface area contributed by atoms with Gasteiger partial charge in [-0.05, 0) is 51.1 Å². The lowest BCUT2D eigenvalue weighted by Crippen LogP contribution is -2.49. The molecule has 0 aromatic heterocycles. The van der Waals surface area contributed by atoms with Gasteiger partial charge in [0, 0.05) is 19.2 Å². The first kappa shape index (κ1) is 11.4. The molecule has 2 atom stereocenters. The Morgan fingerprint density at radius 2 is 2.07 bits per heavy atom. The van der Waals surface area contributed by atoms with Crippen molar-refractivity contribution >= 4 is 0 Å². The number of ether oxygens (including phenoxy) is 1. The fourth-order valence-electron chi connectivity index (χ4n) is 2.32. The molecule has 0 bridgehead atoms. The Hall–Kier alpha value is -0.120. The zero-order chi connectivity index (χ0) is 10.7. The molecule has 3 heteroatoms. The quantitative estimate of drug-likeness (QED) is 0.642. The average molecular weight is 212 g/mol. The van der Waals surface area contributed by atoms with Crippen molar-refractivity contribution in [3.8, 4) is 0 Å². The van der Waals surface area contributed by atoms with Gasteiger partial charge < -0.3 is 15.4 Å². The lowest BCUT2D eigenvalue weighted by molar-refractivity contribution is 0.0471. The summed E-state index contributed by atoms with van der Waals surface area (Å²) in [5, 5.41) is 0. The summed E-state index contributed by atoms with van der Waals surface area (Å²) in [5.74, 6) is 1.62. The van der Waals surface area contributed by atoms with Crippen molar-refractivity contribution in [3.63, 3.8) is 0 Å². The predicted octanol–water partition coefficient (Wildman–Crippen LogP) is 1.08. The summed E-state index contributed by atoms with van der Waals surface area (Å²) in [6.45, 7) is 3.78. The molecule has 0 radical (unpaired) electrons. The number of likely N-dealkylation sites (N-methyl/N-ethyl adjacent to an activating group) is 1. The number of nitrogens with zero attached hydrogens (tertiary/aromatic N) is 1. The van der Waals surface area contributed by atoms with Gasteiger partial charge in [0.1, 0.15) is 0 Å². The van der Waals surface area contributed by atoms with E-state index < -0.39 is 0 Å². The van der Waals surface area contributed by atoms with E-state index in [0.717, 1.165) is 44.2 Å². The molecule has 0 heterocycles. The Morgan fingerprint density at radius 3 is 2.60 bits per heavy atom. The summed E-state index contributed by atoms with van der Waals surface area (Å²) < 4.78 is 5.64. The van der Waals surface area contributed by atoms with Gasteiger partial charge >= 0.3 is 0 Å². The zero-order valence-corrected chi connectivity index (χ0v) is 9.82. The molecule has 2 unspecified atom stereocenters. The van der Waals surface area contributed by atoms with Crippen molar-refractivity contribution in [2.24, 2.45) is 17.6 Å². The zero-order valence-electron chi connectivity index (χ0n) is 9.82. The van der Waals surface area contributed by atoms with E-state index in [0.29, 0.717) is 0 Å². The van der Waals surface area contributed by atoms with E-state index >= 15 is 0 Å². The summed E-state index contributed by atoms with van der Waals surface area (Å²) >= 11 is 0. The van der Waals surface area contributed by atoms with Crippen LogP contribution in [0.1, 0.15) is 25.7 Å². The molecule has 3 nitrogen and oxygen atoms in total. The van der Waals surface area contributed by atoms with E-state index in [2.05, 4.69) is 11.9 Å². The van der Waals surface area contributed by atoms with Crippen LogP contribution in [0.5, 0.6) is 0 Å². The highest BCUT2D eigenvalue weighted by Crippen LogP contribution is 2.30. The van der Waals surface area contributed by atoms with Crippen molar-refractivity contribution < 1.29 is 4.74 Å². The van der Waals surface area contributed by atoms with Crippen LogP contribution in [0.25, 0.3) is 0 Å². The molecule has 2 aliphatic rings. The van der Waals surface area contributed by atoms with Gasteiger partial charge in [0.25, 0.3) is 0 Å². The van der Waals surface area contributed by atoms with Crippen LogP contribution >= 0.6 is 0 Å². The first-order chi connectivity index (χ1) is 7.31. The molecular weight excluding hydrogens is 188 g/mol. The monoisotopic (exact) mass is 212 g/mol. The highest BCUT2D eigenvalue weighted by atomic mass is 16.5. The van der Waals surface area contributed by atoms with E-state index in [9.17, 15) is 0 Å². The van der Waals surface area contributed by atoms with Gasteiger partial charge in [0.05, 0.1) is 6.61 Å². The van der Waals surface area contributed by atoms with E-state index in [1.54, 1.807) is 0 Å². The predicted molar refractivity (Wildman–Crippen MR) is 61.7 cm³/mol. The van der Waals surface area contributed by atoms with Crippen LogP contribution in [0.3, 0.4) is 0 Å². The third kappa shape index (κ3) is 3.16. The number of hydrogen-bond donors (Lipinski definition) is 1. The van der Waals surface area contributed by atoms with Crippen LogP contribution in [0.15, 0.2) is 0 Å². The van der Waals surface area contributed by atoms with Gasteiger partial charge in [-0.3, -0.25) is 0 Å². The maximum Gasteiger partial charge on any atom is 0.0593 e. The van der Waals surface area contributed by atoms with Crippen LogP contribution in [-0.2, 0) is 4.74 Å². The van der Waals surface area contributed by atoms with Crippen molar-refractivity contribution in [1.82, 2.24) is 4.90 Å². The van der Waals surface area contributed by atoms with Crippen LogP contribution < -0.4 is 5.73 Å². The molecule has 2 rings (SSSR count). The molecule has 2 saturated carbocycles. The molecule has 2 aliphatic carbocycles. The molecule has 0 aromatic carbocycles. The third-order valence-electron chi connectivity index (χ3n) is 3.89. The van der Waals surface area contributed by atoms with Gasteiger partial charge in [-0.2, -0.15) is 0 Å². The third-order valence-corrected chi connectivity index (χ3v) is 3.89. The largest absolute Gasteiger partial charge is 0.380 e. The second-order valence-corrected chi connectivity index (χ2v) is 5.14. The molecule has 2 fully saturated rings. The second kappa shape index (κ2) is 5.28. The van der Waals surface area contributed by atoms with Crippen molar-refractivity contribution in [1.29, 1.82) is 0 Å². The minimum Gasteiger partial charge on any atom is -0.380 e. The fourth-order valence-corrected chi connectivity index (χ4v) is 2.32. The highest BCUT2D eigenvalue weighted by molar-refractivity contribution is 4.88. The van der Waals surface area contributed by atoms with Crippen LogP contribution in [-0.4, -0.2) is 44.3 Å². The van der Waals surface area contributed by atoms with Crippen molar-refractivity contribution in [2.75, 3.05) is 33.4 Å². The van der Waals surface area contributed by atoms with E-state index in [-0.39, 0.29) is 0 Å².